The van der Waals surface area contributed by atoms with E-state index in [9.17, 15) is 4.79 Å². The summed E-state index contributed by atoms with van der Waals surface area (Å²) in [4.78, 5) is 18.3. The Morgan fingerprint density at radius 2 is 2.14 bits per heavy atom. The van der Waals surface area contributed by atoms with Crippen LogP contribution in [0.2, 0.25) is 0 Å². The summed E-state index contributed by atoms with van der Waals surface area (Å²) in [6.07, 6.45) is 20.5. The Morgan fingerprint density at radius 3 is 2.86 bits per heavy atom. The third kappa shape index (κ3) is 9.75. The van der Waals surface area contributed by atoms with Crippen LogP contribution >= 0.6 is 0 Å². The van der Waals surface area contributed by atoms with Crippen molar-refractivity contribution in [1.29, 1.82) is 0 Å². The molecule has 1 heterocycles. The highest BCUT2D eigenvalue weighted by Crippen LogP contribution is 2.33. The molecule has 2 rings (SSSR count). The monoisotopic (exact) mass is 482 g/mol. The van der Waals surface area contributed by atoms with E-state index in [1.165, 1.54) is 31.3 Å². The lowest BCUT2D eigenvalue weighted by atomic mass is 9.94. The van der Waals surface area contributed by atoms with Gasteiger partial charge >= 0.3 is 0 Å². The molecule has 0 radical (unpaired) electrons. The van der Waals surface area contributed by atoms with Crippen molar-refractivity contribution in [3.05, 3.63) is 72.1 Å². The summed E-state index contributed by atoms with van der Waals surface area (Å²) in [7, 11) is 0. The fourth-order valence-corrected chi connectivity index (χ4v) is 4.44. The second-order valence-corrected chi connectivity index (χ2v) is 9.33. The van der Waals surface area contributed by atoms with E-state index in [1.807, 2.05) is 17.2 Å². The van der Waals surface area contributed by atoms with Crippen LogP contribution in [-0.4, -0.2) is 49.2 Å². The normalized spacial score (nSPS) is 18.7. The molecule has 5 heteroatoms. The first kappa shape index (κ1) is 29.0. The Labute approximate surface area is 213 Å². The van der Waals surface area contributed by atoms with Gasteiger partial charge in [-0.15, -0.1) is 6.58 Å². The number of hydroxylamine groups is 2. The summed E-state index contributed by atoms with van der Waals surface area (Å²) < 4.78 is 6.48. The van der Waals surface area contributed by atoms with E-state index in [0.29, 0.717) is 19.6 Å². The average molecular weight is 483 g/mol. The Morgan fingerprint density at radius 1 is 1.31 bits per heavy atom. The molecule has 0 amide bonds. The Balaban J connectivity index is 1.99. The maximum atomic E-state index is 12.3. The van der Waals surface area contributed by atoms with Crippen molar-refractivity contribution in [2.45, 2.75) is 84.3 Å². The van der Waals surface area contributed by atoms with Gasteiger partial charge in [0.25, 0.3) is 0 Å². The fraction of sp³-hybridized carbons (Fsp3) is 0.567. The van der Waals surface area contributed by atoms with Gasteiger partial charge in [0.05, 0.1) is 19.2 Å². The van der Waals surface area contributed by atoms with Gasteiger partial charge in [-0.3, -0.25) is 9.63 Å². The minimum atomic E-state index is -0.267. The molecule has 0 aromatic heterocycles. The topological polar surface area (TPSA) is 50.8 Å². The van der Waals surface area contributed by atoms with Crippen LogP contribution in [0.15, 0.2) is 72.1 Å². The second kappa shape index (κ2) is 16.5. The van der Waals surface area contributed by atoms with Gasteiger partial charge in [0.2, 0.25) is 0 Å². The molecular formula is C30H46N2O3. The molecule has 2 aliphatic rings. The maximum Gasteiger partial charge on any atom is 0.149 e. The molecule has 0 aromatic carbocycles. The van der Waals surface area contributed by atoms with Crippen LogP contribution < -0.4 is 5.32 Å². The van der Waals surface area contributed by atoms with E-state index < -0.39 is 0 Å². The van der Waals surface area contributed by atoms with Crippen LogP contribution in [0, 0.1) is 0 Å². The molecule has 0 spiro atoms. The number of fused-ring (bicyclic) bond motifs is 1. The number of hydrogen-bond acceptors (Lipinski definition) is 5. The number of allylic oxidation sites excluding steroid dienone is 5. The molecule has 0 saturated carbocycles. The number of ketones is 1. The lowest BCUT2D eigenvalue weighted by Crippen LogP contribution is -2.45. The molecule has 0 bridgehead atoms. The highest BCUT2D eigenvalue weighted by Gasteiger charge is 2.32. The van der Waals surface area contributed by atoms with Crippen molar-refractivity contribution in [2.75, 3.05) is 26.2 Å². The van der Waals surface area contributed by atoms with Gasteiger partial charge in [-0.2, -0.15) is 5.06 Å². The molecule has 2 atom stereocenters. The zero-order valence-corrected chi connectivity index (χ0v) is 22.2. The van der Waals surface area contributed by atoms with E-state index in [0.717, 1.165) is 49.3 Å². The largest absolute Gasteiger partial charge is 0.490 e. The van der Waals surface area contributed by atoms with Crippen LogP contribution in [0.1, 0.15) is 72.1 Å². The first-order valence-corrected chi connectivity index (χ1v) is 13.3. The van der Waals surface area contributed by atoms with Gasteiger partial charge in [0.1, 0.15) is 17.6 Å². The minimum absolute atomic E-state index is 0.110. The molecule has 194 valence electrons. The third-order valence-corrected chi connectivity index (χ3v) is 6.57. The Kier molecular flexibility index (Phi) is 13.6. The van der Waals surface area contributed by atoms with Gasteiger partial charge < -0.3 is 10.1 Å². The number of rotatable bonds is 17. The van der Waals surface area contributed by atoms with E-state index in [4.69, 9.17) is 9.57 Å². The number of carbonyl (C=O) groups is 1. The molecule has 0 aromatic rings. The van der Waals surface area contributed by atoms with Gasteiger partial charge in [0.15, 0.2) is 0 Å². The van der Waals surface area contributed by atoms with Crippen molar-refractivity contribution in [1.82, 2.24) is 10.4 Å². The summed E-state index contributed by atoms with van der Waals surface area (Å²) in [6.45, 7) is 16.7. The molecule has 1 fully saturated rings. The van der Waals surface area contributed by atoms with Gasteiger partial charge in [0, 0.05) is 18.5 Å². The Hall–Kier alpha value is -2.21. The number of carbonyl (C=O) groups excluding carboxylic acids is 1. The first-order chi connectivity index (χ1) is 17.0. The molecule has 1 aliphatic carbocycles. The average Bonchev–Trinajstić information content (AvgIpc) is 2.85. The molecule has 1 N–H and O–H groups in total. The summed E-state index contributed by atoms with van der Waals surface area (Å²) in [5, 5.41) is 5.30. The summed E-state index contributed by atoms with van der Waals surface area (Å²) in [6, 6.07) is -0.267. The van der Waals surface area contributed by atoms with Crippen LogP contribution in [-0.2, 0) is 14.4 Å². The zero-order valence-electron chi connectivity index (χ0n) is 22.2. The number of unbranched alkanes of at least 4 members (excludes halogenated alkanes) is 3. The van der Waals surface area contributed by atoms with Crippen molar-refractivity contribution < 1.29 is 14.4 Å². The van der Waals surface area contributed by atoms with Crippen LogP contribution in [0.4, 0.5) is 0 Å². The third-order valence-electron chi connectivity index (χ3n) is 6.57. The van der Waals surface area contributed by atoms with Crippen molar-refractivity contribution in [2.24, 2.45) is 0 Å². The highest BCUT2D eigenvalue weighted by molar-refractivity contribution is 5.81. The number of Topliss-reactive ketones (excluding diaryl/α,β-unsaturated/α-hetero) is 1. The van der Waals surface area contributed by atoms with Crippen LogP contribution in [0.3, 0.4) is 0 Å². The smallest absolute Gasteiger partial charge is 0.149 e. The van der Waals surface area contributed by atoms with Crippen LogP contribution in [0.25, 0.3) is 0 Å². The quantitative estimate of drug-likeness (QED) is 0.148. The van der Waals surface area contributed by atoms with Gasteiger partial charge in [-0.1, -0.05) is 69.2 Å². The predicted octanol–water partition coefficient (Wildman–Crippen LogP) is 6.38. The lowest BCUT2D eigenvalue weighted by molar-refractivity contribution is -0.187. The van der Waals surface area contributed by atoms with Crippen molar-refractivity contribution in [3.63, 3.8) is 0 Å². The van der Waals surface area contributed by atoms with E-state index in [-0.39, 0.29) is 17.9 Å². The molecule has 1 aliphatic heterocycles. The summed E-state index contributed by atoms with van der Waals surface area (Å²) in [5.41, 5.74) is 3.38. The van der Waals surface area contributed by atoms with Crippen molar-refractivity contribution in [3.8, 4) is 0 Å². The second-order valence-electron chi connectivity index (χ2n) is 9.33. The predicted molar refractivity (Wildman–Crippen MR) is 146 cm³/mol. The number of hydrogen-bond donors (Lipinski definition) is 1. The number of ether oxygens (including phenoxy) is 1. The standard InChI is InChI=1S/C30H46N2O3/c1-6-9-11-13-20-31-21-14-12-16-26(8-3)25(5)35-30-19-15-17-27-23-34-32(22-28(27)30)29(24(4)33)18-10-7-2/h7-8,12,14,16-17,25,29,31H,2-3,6,9-11,13,15,18-23H2,1,4-5H3/b14-12+,26-16+. The highest BCUT2D eigenvalue weighted by atomic mass is 16.7. The van der Waals surface area contributed by atoms with Gasteiger partial charge in [-0.25, -0.2) is 0 Å². The maximum absolute atomic E-state index is 12.3. The summed E-state index contributed by atoms with van der Waals surface area (Å²) >= 11 is 0. The molecule has 35 heavy (non-hydrogen) atoms. The molecule has 2 unspecified atom stereocenters. The molecule has 5 nitrogen and oxygen atoms in total. The minimum Gasteiger partial charge on any atom is -0.490 e. The first-order valence-electron chi connectivity index (χ1n) is 13.3. The summed E-state index contributed by atoms with van der Waals surface area (Å²) in [5.74, 6) is 1.12. The van der Waals surface area contributed by atoms with E-state index in [1.54, 1.807) is 6.92 Å². The SMILES string of the molecule is C=CCCC(C(C)=O)N1CC2=C(OC(C)/C(C=C)=C/C=C/CNCCCCCC)CCC=C2CO1. The number of nitrogens with one attached hydrogen (secondary N) is 1. The van der Waals surface area contributed by atoms with Gasteiger partial charge in [-0.05, 0) is 57.2 Å². The molecule has 1 saturated heterocycles. The molecular weight excluding hydrogens is 436 g/mol. The Bertz CT molecular complexity index is 821. The zero-order chi connectivity index (χ0) is 25.5. The van der Waals surface area contributed by atoms with E-state index >= 15 is 0 Å². The van der Waals surface area contributed by atoms with Crippen molar-refractivity contribution >= 4 is 5.78 Å². The fourth-order valence-electron chi connectivity index (χ4n) is 4.44. The van der Waals surface area contributed by atoms with E-state index in [2.05, 4.69) is 56.6 Å². The van der Waals surface area contributed by atoms with Crippen LogP contribution in [0.5, 0.6) is 0 Å². The lowest BCUT2D eigenvalue weighted by Gasteiger charge is -2.37. The number of nitrogens with zero attached hydrogens (tertiary/aromatic N) is 1.